The van der Waals surface area contributed by atoms with Crippen LogP contribution < -0.4 is 16.4 Å². The second-order valence-electron chi connectivity index (χ2n) is 4.49. The molecule has 0 saturated carbocycles. The fourth-order valence-electron chi connectivity index (χ4n) is 0.967. The summed E-state index contributed by atoms with van der Waals surface area (Å²) in [5, 5.41) is 6.64. The largest absolute Gasteiger partial charge is 0.316 e. The molecular weight excluding hydrogens is 150 g/mol. The molecular formula is C9H23N3. The Kier molecular flexibility index (Phi) is 4.75. The predicted molar refractivity (Wildman–Crippen MR) is 54.0 cm³/mol. The molecule has 3 nitrogen and oxygen atoms in total. The highest BCUT2D eigenvalue weighted by molar-refractivity contribution is 4.74. The monoisotopic (exact) mass is 173 g/mol. The van der Waals surface area contributed by atoms with Gasteiger partial charge in [0.2, 0.25) is 0 Å². The lowest BCUT2D eigenvalue weighted by molar-refractivity contribution is 0.373. The molecule has 74 valence electrons. The molecule has 0 aliphatic heterocycles. The molecule has 0 fully saturated rings. The van der Waals surface area contributed by atoms with Gasteiger partial charge in [0.1, 0.15) is 0 Å². The van der Waals surface area contributed by atoms with E-state index in [4.69, 9.17) is 5.73 Å². The molecule has 0 aromatic rings. The van der Waals surface area contributed by atoms with Crippen LogP contribution in [0.15, 0.2) is 0 Å². The van der Waals surface area contributed by atoms with Gasteiger partial charge in [-0.05, 0) is 34.6 Å². The van der Waals surface area contributed by atoms with Crippen molar-refractivity contribution in [1.29, 1.82) is 0 Å². The van der Waals surface area contributed by atoms with Gasteiger partial charge in [0.15, 0.2) is 0 Å². The molecule has 4 N–H and O–H groups in total. The van der Waals surface area contributed by atoms with Crippen LogP contribution in [0.25, 0.3) is 0 Å². The summed E-state index contributed by atoms with van der Waals surface area (Å²) in [5.74, 6) is 0. The zero-order valence-electron chi connectivity index (χ0n) is 8.94. The summed E-state index contributed by atoms with van der Waals surface area (Å²) >= 11 is 0. The maximum Gasteiger partial charge on any atom is 0.0519 e. The van der Waals surface area contributed by atoms with Crippen molar-refractivity contribution in [1.82, 2.24) is 10.6 Å². The Labute approximate surface area is 76.1 Å². The van der Waals surface area contributed by atoms with E-state index in [2.05, 4.69) is 38.3 Å². The van der Waals surface area contributed by atoms with Crippen molar-refractivity contribution >= 4 is 0 Å². The van der Waals surface area contributed by atoms with E-state index in [0.717, 1.165) is 6.54 Å². The lowest BCUT2D eigenvalue weighted by Crippen LogP contribution is -2.48. The summed E-state index contributed by atoms with van der Waals surface area (Å²) in [6, 6.07) is 0.421. The van der Waals surface area contributed by atoms with E-state index in [1.54, 1.807) is 0 Å². The van der Waals surface area contributed by atoms with Crippen LogP contribution in [-0.2, 0) is 0 Å². The van der Waals surface area contributed by atoms with Gasteiger partial charge in [0, 0.05) is 18.1 Å². The van der Waals surface area contributed by atoms with E-state index in [9.17, 15) is 0 Å². The summed E-state index contributed by atoms with van der Waals surface area (Å²) < 4.78 is 0. The van der Waals surface area contributed by atoms with Gasteiger partial charge in [-0.2, -0.15) is 0 Å². The average Bonchev–Trinajstić information content (AvgIpc) is 1.80. The Morgan fingerprint density at radius 1 is 1.25 bits per heavy atom. The number of nitrogens with one attached hydrogen (secondary N) is 2. The van der Waals surface area contributed by atoms with Crippen LogP contribution in [0.4, 0.5) is 0 Å². The van der Waals surface area contributed by atoms with Crippen LogP contribution in [0.5, 0.6) is 0 Å². The Hall–Kier alpha value is -0.120. The van der Waals surface area contributed by atoms with E-state index in [1.165, 1.54) is 0 Å². The van der Waals surface area contributed by atoms with Gasteiger partial charge in [-0.15, -0.1) is 0 Å². The number of rotatable bonds is 4. The smallest absolute Gasteiger partial charge is 0.0519 e. The van der Waals surface area contributed by atoms with Gasteiger partial charge < -0.3 is 11.1 Å². The molecule has 2 unspecified atom stereocenters. The number of hydrogen-bond acceptors (Lipinski definition) is 3. The molecule has 0 saturated heterocycles. The minimum Gasteiger partial charge on any atom is -0.316 e. The molecule has 12 heavy (non-hydrogen) atoms. The van der Waals surface area contributed by atoms with E-state index in [1.807, 2.05) is 6.92 Å². The topological polar surface area (TPSA) is 50.1 Å². The van der Waals surface area contributed by atoms with Crippen molar-refractivity contribution in [3.05, 3.63) is 0 Å². The van der Waals surface area contributed by atoms with Crippen LogP contribution in [-0.4, -0.2) is 24.3 Å². The summed E-state index contributed by atoms with van der Waals surface area (Å²) in [4.78, 5) is 0. The molecule has 0 spiro atoms. The Morgan fingerprint density at radius 2 is 1.75 bits per heavy atom. The summed E-state index contributed by atoms with van der Waals surface area (Å²) in [6.45, 7) is 11.5. The van der Waals surface area contributed by atoms with Crippen molar-refractivity contribution < 1.29 is 0 Å². The summed E-state index contributed by atoms with van der Waals surface area (Å²) in [7, 11) is 0. The first-order valence-electron chi connectivity index (χ1n) is 4.58. The first kappa shape index (κ1) is 11.9. The van der Waals surface area contributed by atoms with E-state index in [0.29, 0.717) is 6.04 Å². The molecule has 0 amide bonds. The Bertz CT molecular complexity index is 115. The van der Waals surface area contributed by atoms with E-state index < -0.39 is 0 Å². The Balaban J connectivity index is 3.51. The lowest BCUT2D eigenvalue weighted by Gasteiger charge is -2.25. The van der Waals surface area contributed by atoms with E-state index >= 15 is 0 Å². The molecule has 0 aliphatic rings. The van der Waals surface area contributed by atoms with Gasteiger partial charge in [0.05, 0.1) is 6.17 Å². The standard InChI is InChI=1S/C9H23N3/c1-7(12-8(2)10)6-11-9(3,4)5/h7-8,11-12H,6,10H2,1-5H3. The highest BCUT2D eigenvalue weighted by atomic mass is 15.1. The second kappa shape index (κ2) is 4.80. The second-order valence-corrected chi connectivity index (χ2v) is 4.49. The van der Waals surface area contributed by atoms with Gasteiger partial charge in [-0.1, -0.05) is 0 Å². The maximum absolute atomic E-state index is 5.59. The zero-order chi connectivity index (χ0) is 9.78. The fraction of sp³-hybridized carbons (Fsp3) is 1.00. The van der Waals surface area contributed by atoms with Crippen LogP contribution in [0.1, 0.15) is 34.6 Å². The minimum absolute atomic E-state index is 0.0711. The van der Waals surface area contributed by atoms with Crippen molar-refractivity contribution in [2.75, 3.05) is 6.54 Å². The number of nitrogens with two attached hydrogens (primary N) is 1. The van der Waals surface area contributed by atoms with Crippen molar-refractivity contribution in [3.63, 3.8) is 0 Å². The zero-order valence-corrected chi connectivity index (χ0v) is 8.94. The average molecular weight is 173 g/mol. The van der Waals surface area contributed by atoms with Gasteiger partial charge in [0.25, 0.3) is 0 Å². The summed E-state index contributed by atoms with van der Waals surface area (Å²) in [6.07, 6.45) is 0.0711. The minimum atomic E-state index is 0.0711. The first-order chi connectivity index (χ1) is 5.31. The van der Waals surface area contributed by atoms with Crippen molar-refractivity contribution in [2.24, 2.45) is 5.73 Å². The molecule has 0 radical (unpaired) electrons. The maximum atomic E-state index is 5.59. The van der Waals surface area contributed by atoms with Crippen LogP contribution in [0.2, 0.25) is 0 Å². The normalized spacial score (nSPS) is 17.5. The third kappa shape index (κ3) is 7.98. The molecule has 0 bridgehead atoms. The predicted octanol–water partition coefficient (Wildman–Crippen LogP) is 0.657. The molecule has 3 heteroatoms. The van der Waals surface area contributed by atoms with E-state index in [-0.39, 0.29) is 11.7 Å². The molecule has 0 heterocycles. The fourth-order valence-corrected chi connectivity index (χ4v) is 0.967. The third-order valence-electron chi connectivity index (χ3n) is 1.49. The Morgan fingerprint density at radius 3 is 2.08 bits per heavy atom. The first-order valence-corrected chi connectivity index (χ1v) is 4.58. The molecule has 0 aromatic heterocycles. The summed E-state index contributed by atoms with van der Waals surface area (Å²) in [5.41, 5.74) is 5.78. The van der Waals surface area contributed by atoms with Crippen LogP contribution >= 0.6 is 0 Å². The third-order valence-corrected chi connectivity index (χ3v) is 1.49. The van der Waals surface area contributed by atoms with Crippen molar-refractivity contribution in [2.45, 2.75) is 52.4 Å². The van der Waals surface area contributed by atoms with Crippen LogP contribution in [0.3, 0.4) is 0 Å². The molecule has 0 aromatic carbocycles. The molecule has 0 aliphatic carbocycles. The van der Waals surface area contributed by atoms with Crippen molar-refractivity contribution in [3.8, 4) is 0 Å². The van der Waals surface area contributed by atoms with Gasteiger partial charge in [-0.3, -0.25) is 5.32 Å². The highest BCUT2D eigenvalue weighted by Gasteiger charge is 2.10. The van der Waals surface area contributed by atoms with Gasteiger partial charge >= 0.3 is 0 Å². The van der Waals surface area contributed by atoms with Gasteiger partial charge in [-0.25, -0.2) is 0 Å². The quantitative estimate of drug-likeness (QED) is 0.547. The SMILES string of the molecule is CC(N)NC(C)CNC(C)(C)C. The highest BCUT2D eigenvalue weighted by Crippen LogP contribution is 1.97. The van der Waals surface area contributed by atoms with Crippen LogP contribution in [0, 0.1) is 0 Å². The molecule has 0 rings (SSSR count). The molecule has 2 atom stereocenters. The number of hydrogen-bond donors (Lipinski definition) is 3. The lowest BCUT2D eigenvalue weighted by atomic mass is 10.1.